The summed E-state index contributed by atoms with van der Waals surface area (Å²) in [4.78, 5) is 0. The third-order valence-corrected chi connectivity index (χ3v) is 2.72. The molecule has 102 valence electrons. The Morgan fingerprint density at radius 2 is 1.72 bits per heavy atom. The van der Waals surface area contributed by atoms with E-state index in [1.54, 1.807) is 12.1 Å². The number of rotatable bonds is 10. The summed E-state index contributed by atoms with van der Waals surface area (Å²) in [6, 6.07) is 6.12. The second kappa shape index (κ2) is 9.85. The summed E-state index contributed by atoms with van der Waals surface area (Å²) in [6.07, 6.45) is 4.54. The van der Waals surface area contributed by atoms with Gasteiger partial charge in [0.05, 0.1) is 26.3 Å². The molecule has 3 N–H and O–H groups in total. The summed E-state index contributed by atoms with van der Waals surface area (Å²) in [7, 11) is 0. The summed E-state index contributed by atoms with van der Waals surface area (Å²) in [6.45, 7) is 2.82. The lowest BCUT2D eigenvalue weighted by Crippen LogP contribution is -2.85. The minimum absolute atomic E-state index is 0.235. The first kappa shape index (κ1) is 14.9. The van der Waals surface area contributed by atoms with Crippen molar-refractivity contribution < 1.29 is 19.6 Å². The van der Waals surface area contributed by atoms with Crippen LogP contribution in [0, 0.1) is 5.82 Å². The maximum absolute atomic E-state index is 12.6. The van der Waals surface area contributed by atoms with E-state index >= 15 is 0 Å². The molecule has 3 nitrogen and oxygen atoms in total. The van der Waals surface area contributed by atoms with Crippen LogP contribution < -0.4 is 10.1 Å². The fourth-order valence-electron chi connectivity index (χ4n) is 1.70. The Labute approximate surface area is 108 Å². The van der Waals surface area contributed by atoms with E-state index in [0.717, 1.165) is 31.7 Å². The number of hydrogen-bond acceptors (Lipinski definition) is 2. The summed E-state index contributed by atoms with van der Waals surface area (Å²) < 4.78 is 18.1. The van der Waals surface area contributed by atoms with Crippen LogP contribution >= 0.6 is 0 Å². The number of aliphatic hydroxyl groups is 1. The van der Waals surface area contributed by atoms with Crippen LogP contribution in [0.5, 0.6) is 5.75 Å². The molecular weight excluding hydrogens is 233 g/mol. The van der Waals surface area contributed by atoms with Gasteiger partial charge in [-0.3, -0.25) is 0 Å². The van der Waals surface area contributed by atoms with Gasteiger partial charge in [0.25, 0.3) is 0 Å². The molecule has 0 atom stereocenters. The van der Waals surface area contributed by atoms with Gasteiger partial charge in [-0.25, -0.2) is 4.39 Å². The van der Waals surface area contributed by atoms with Gasteiger partial charge in [-0.1, -0.05) is 0 Å². The van der Waals surface area contributed by atoms with E-state index < -0.39 is 0 Å². The van der Waals surface area contributed by atoms with Crippen molar-refractivity contribution in [3.63, 3.8) is 0 Å². The molecule has 0 saturated carbocycles. The molecular formula is C14H23FNO2+. The molecule has 0 aromatic heterocycles. The highest BCUT2D eigenvalue weighted by molar-refractivity contribution is 5.21. The number of aliphatic hydroxyl groups excluding tert-OH is 1. The summed E-state index contributed by atoms with van der Waals surface area (Å²) >= 11 is 0. The van der Waals surface area contributed by atoms with E-state index in [1.807, 2.05) is 0 Å². The van der Waals surface area contributed by atoms with Crippen molar-refractivity contribution in [1.82, 2.24) is 0 Å². The highest BCUT2D eigenvalue weighted by Gasteiger charge is 1.95. The standard InChI is InChI=1S/C14H22FNO2/c15-13-5-7-14(8-6-13)18-12-4-2-1-3-9-16-10-11-17/h5-8,16-17H,1-4,9-12H2/p+1. The normalized spacial score (nSPS) is 10.6. The van der Waals surface area contributed by atoms with Crippen molar-refractivity contribution in [3.8, 4) is 5.75 Å². The molecule has 18 heavy (non-hydrogen) atoms. The lowest BCUT2D eigenvalue weighted by Gasteiger charge is -2.05. The van der Waals surface area contributed by atoms with Gasteiger partial charge < -0.3 is 15.2 Å². The minimum Gasteiger partial charge on any atom is -0.494 e. The Balaban J connectivity index is 1.91. The predicted octanol–water partition coefficient (Wildman–Crippen LogP) is 1.32. The topological polar surface area (TPSA) is 46.1 Å². The third-order valence-electron chi connectivity index (χ3n) is 2.72. The smallest absolute Gasteiger partial charge is 0.123 e. The fraction of sp³-hybridized carbons (Fsp3) is 0.571. The van der Waals surface area contributed by atoms with Crippen LogP contribution in [0.1, 0.15) is 25.7 Å². The second-order valence-corrected chi connectivity index (χ2v) is 4.31. The summed E-state index contributed by atoms with van der Waals surface area (Å²) in [5, 5.41) is 10.7. The third kappa shape index (κ3) is 7.25. The molecule has 0 bridgehead atoms. The molecule has 0 saturated heterocycles. The molecule has 1 aromatic carbocycles. The minimum atomic E-state index is -0.235. The molecule has 0 aliphatic rings. The van der Waals surface area contributed by atoms with Gasteiger partial charge in [-0.05, 0) is 49.9 Å². The number of benzene rings is 1. The molecule has 4 heteroatoms. The Hall–Kier alpha value is -1.13. The van der Waals surface area contributed by atoms with Gasteiger partial charge in [0.2, 0.25) is 0 Å². The molecule has 1 rings (SSSR count). The molecule has 0 unspecified atom stereocenters. The average Bonchev–Trinajstić information content (AvgIpc) is 2.39. The van der Waals surface area contributed by atoms with Crippen molar-refractivity contribution in [2.24, 2.45) is 0 Å². The maximum atomic E-state index is 12.6. The number of halogens is 1. The Morgan fingerprint density at radius 1 is 1.00 bits per heavy atom. The van der Waals surface area contributed by atoms with Crippen molar-refractivity contribution in [1.29, 1.82) is 0 Å². The quantitative estimate of drug-likeness (QED) is 0.620. The van der Waals surface area contributed by atoms with Crippen LogP contribution in [0.25, 0.3) is 0 Å². The van der Waals surface area contributed by atoms with Crippen molar-refractivity contribution in [3.05, 3.63) is 30.1 Å². The van der Waals surface area contributed by atoms with Crippen LogP contribution in [0.15, 0.2) is 24.3 Å². The molecule has 0 aliphatic carbocycles. The van der Waals surface area contributed by atoms with E-state index in [4.69, 9.17) is 9.84 Å². The molecule has 1 aromatic rings. The monoisotopic (exact) mass is 256 g/mol. The number of quaternary nitrogens is 1. The van der Waals surface area contributed by atoms with Gasteiger partial charge in [0, 0.05) is 0 Å². The maximum Gasteiger partial charge on any atom is 0.123 e. The largest absolute Gasteiger partial charge is 0.494 e. The molecule has 0 heterocycles. The first-order valence-corrected chi connectivity index (χ1v) is 6.64. The lowest BCUT2D eigenvalue weighted by molar-refractivity contribution is -0.656. The molecule has 0 fully saturated rings. The van der Waals surface area contributed by atoms with Crippen molar-refractivity contribution in [2.45, 2.75) is 25.7 Å². The zero-order chi connectivity index (χ0) is 13.1. The van der Waals surface area contributed by atoms with Crippen molar-refractivity contribution >= 4 is 0 Å². The zero-order valence-electron chi connectivity index (χ0n) is 10.8. The number of nitrogens with two attached hydrogens (primary N) is 1. The van der Waals surface area contributed by atoms with Gasteiger partial charge in [0.1, 0.15) is 11.6 Å². The number of hydrogen-bond donors (Lipinski definition) is 2. The molecule has 0 spiro atoms. The van der Waals surface area contributed by atoms with Gasteiger partial charge in [-0.2, -0.15) is 0 Å². The highest BCUT2D eigenvalue weighted by Crippen LogP contribution is 2.11. The number of ether oxygens (including phenoxy) is 1. The Kier molecular flexibility index (Phi) is 8.17. The summed E-state index contributed by atoms with van der Waals surface area (Å²) in [5.74, 6) is 0.495. The van der Waals surface area contributed by atoms with Crippen LogP contribution in [0.3, 0.4) is 0 Å². The lowest BCUT2D eigenvalue weighted by atomic mass is 10.2. The van der Waals surface area contributed by atoms with Gasteiger partial charge in [-0.15, -0.1) is 0 Å². The molecule has 0 radical (unpaired) electrons. The van der Waals surface area contributed by atoms with E-state index in [9.17, 15) is 4.39 Å². The second-order valence-electron chi connectivity index (χ2n) is 4.31. The van der Waals surface area contributed by atoms with E-state index in [0.29, 0.717) is 6.61 Å². The predicted molar refractivity (Wildman–Crippen MR) is 69.1 cm³/mol. The van der Waals surface area contributed by atoms with Crippen LogP contribution in [0.2, 0.25) is 0 Å². The zero-order valence-corrected chi connectivity index (χ0v) is 10.8. The molecule has 0 amide bonds. The van der Waals surface area contributed by atoms with Crippen LogP contribution in [-0.2, 0) is 0 Å². The number of unbranched alkanes of at least 4 members (excludes halogenated alkanes) is 3. The first-order valence-electron chi connectivity index (χ1n) is 6.64. The van der Waals surface area contributed by atoms with Crippen molar-refractivity contribution in [2.75, 3.05) is 26.3 Å². The van der Waals surface area contributed by atoms with Crippen LogP contribution in [-0.4, -0.2) is 31.4 Å². The van der Waals surface area contributed by atoms with E-state index in [2.05, 4.69) is 5.32 Å². The Bertz CT molecular complexity index is 303. The summed E-state index contributed by atoms with van der Waals surface area (Å²) in [5.41, 5.74) is 0. The van der Waals surface area contributed by atoms with Gasteiger partial charge >= 0.3 is 0 Å². The molecule has 0 aliphatic heterocycles. The highest BCUT2D eigenvalue weighted by atomic mass is 19.1. The van der Waals surface area contributed by atoms with Crippen LogP contribution in [0.4, 0.5) is 4.39 Å². The average molecular weight is 256 g/mol. The SMILES string of the molecule is OCC[NH2+]CCCCCCOc1ccc(F)cc1. The Morgan fingerprint density at radius 3 is 2.44 bits per heavy atom. The van der Waals surface area contributed by atoms with E-state index in [1.165, 1.54) is 25.0 Å². The fourth-order valence-corrected chi connectivity index (χ4v) is 1.70. The van der Waals surface area contributed by atoms with Gasteiger partial charge in [0.15, 0.2) is 0 Å². The van der Waals surface area contributed by atoms with E-state index in [-0.39, 0.29) is 12.4 Å². The first-order chi connectivity index (χ1) is 8.83.